The molecule has 0 radical (unpaired) electrons. The molecule has 1 heterocycles. The summed E-state index contributed by atoms with van der Waals surface area (Å²) in [5, 5.41) is 20.3. The molecular formula is C11H14N2O5. The Morgan fingerprint density at radius 3 is 3.06 bits per heavy atom. The molecule has 1 aliphatic rings. The van der Waals surface area contributed by atoms with Gasteiger partial charge in [-0.15, -0.1) is 0 Å². The summed E-state index contributed by atoms with van der Waals surface area (Å²) in [6.07, 6.45) is 0.348. The first kappa shape index (κ1) is 12.7. The predicted octanol–water partition coefficient (Wildman–Crippen LogP) is 0.907. The highest BCUT2D eigenvalue weighted by Crippen LogP contribution is 2.32. The van der Waals surface area contributed by atoms with E-state index in [1.165, 1.54) is 12.3 Å². The molecule has 98 valence electrons. The SMILES string of the molecule is CCOC1C(O)CC1Oc1cccnc1[N+](=O)[O-]. The van der Waals surface area contributed by atoms with Crippen LogP contribution < -0.4 is 4.74 Å². The van der Waals surface area contributed by atoms with Gasteiger partial charge >= 0.3 is 5.82 Å². The number of pyridine rings is 1. The molecule has 3 atom stereocenters. The standard InChI is InChI=1S/C11H14N2O5/c1-2-17-10-7(14)6-9(10)18-8-4-3-5-12-11(8)13(15)16/h3-5,7,9-10,14H,2,6H2,1H3. The van der Waals surface area contributed by atoms with Crippen molar-refractivity contribution in [2.24, 2.45) is 0 Å². The van der Waals surface area contributed by atoms with Crippen LogP contribution >= 0.6 is 0 Å². The lowest BCUT2D eigenvalue weighted by Crippen LogP contribution is -2.55. The van der Waals surface area contributed by atoms with E-state index < -0.39 is 17.1 Å². The molecule has 0 aromatic carbocycles. The first-order chi connectivity index (χ1) is 8.63. The average molecular weight is 254 g/mol. The van der Waals surface area contributed by atoms with Gasteiger partial charge in [0.1, 0.15) is 18.4 Å². The Bertz CT molecular complexity index is 439. The van der Waals surface area contributed by atoms with Crippen molar-refractivity contribution < 1.29 is 19.5 Å². The van der Waals surface area contributed by atoms with Crippen LogP contribution in [0.25, 0.3) is 0 Å². The molecule has 0 amide bonds. The molecule has 0 bridgehead atoms. The zero-order valence-electron chi connectivity index (χ0n) is 9.85. The molecule has 2 rings (SSSR count). The Kier molecular flexibility index (Phi) is 3.73. The van der Waals surface area contributed by atoms with Crippen LogP contribution in [0.3, 0.4) is 0 Å². The second-order valence-corrected chi connectivity index (χ2v) is 3.96. The molecule has 1 N–H and O–H groups in total. The maximum atomic E-state index is 10.8. The number of aliphatic hydroxyl groups is 1. The Hall–Kier alpha value is -1.73. The zero-order valence-corrected chi connectivity index (χ0v) is 9.85. The Morgan fingerprint density at radius 2 is 2.44 bits per heavy atom. The van der Waals surface area contributed by atoms with E-state index >= 15 is 0 Å². The predicted molar refractivity (Wildman–Crippen MR) is 61.3 cm³/mol. The number of hydrogen-bond acceptors (Lipinski definition) is 6. The summed E-state index contributed by atoms with van der Waals surface area (Å²) in [5.74, 6) is -0.224. The van der Waals surface area contributed by atoms with Crippen LogP contribution in [0.5, 0.6) is 5.75 Å². The fourth-order valence-corrected chi connectivity index (χ4v) is 1.86. The van der Waals surface area contributed by atoms with Crippen molar-refractivity contribution in [1.29, 1.82) is 0 Å². The maximum Gasteiger partial charge on any atom is 0.406 e. The molecule has 1 saturated carbocycles. The van der Waals surface area contributed by atoms with Crippen molar-refractivity contribution in [3.05, 3.63) is 28.4 Å². The monoisotopic (exact) mass is 254 g/mol. The van der Waals surface area contributed by atoms with E-state index in [1.54, 1.807) is 6.07 Å². The number of ether oxygens (including phenoxy) is 2. The van der Waals surface area contributed by atoms with Crippen LogP contribution in [0.15, 0.2) is 18.3 Å². The second-order valence-electron chi connectivity index (χ2n) is 3.96. The minimum atomic E-state index is -0.597. The molecule has 1 aromatic rings. The lowest BCUT2D eigenvalue weighted by molar-refractivity contribution is -0.391. The van der Waals surface area contributed by atoms with Gasteiger partial charge in [-0.25, -0.2) is 0 Å². The molecule has 1 aromatic heterocycles. The van der Waals surface area contributed by atoms with E-state index in [4.69, 9.17) is 9.47 Å². The topological polar surface area (TPSA) is 94.7 Å². The van der Waals surface area contributed by atoms with Crippen LogP contribution in [0.4, 0.5) is 5.82 Å². The molecule has 7 heteroatoms. The Labute approximate surface area is 104 Å². The van der Waals surface area contributed by atoms with Crippen LogP contribution in [-0.2, 0) is 4.74 Å². The summed E-state index contributed by atoms with van der Waals surface area (Å²) in [5.41, 5.74) is 0. The molecular weight excluding hydrogens is 240 g/mol. The summed E-state index contributed by atoms with van der Waals surface area (Å²) in [4.78, 5) is 13.8. The summed E-state index contributed by atoms with van der Waals surface area (Å²) in [7, 11) is 0. The number of hydrogen-bond donors (Lipinski definition) is 1. The van der Waals surface area contributed by atoms with Crippen molar-refractivity contribution in [3.8, 4) is 5.75 Å². The summed E-state index contributed by atoms with van der Waals surface area (Å²) in [6.45, 7) is 2.27. The maximum absolute atomic E-state index is 10.8. The molecule has 3 unspecified atom stereocenters. The van der Waals surface area contributed by atoms with E-state index in [1.807, 2.05) is 6.92 Å². The zero-order chi connectivity index (χ0) is 13.1. The van der Waals surface area contributed by atoms with Crippen LogP contribution in [0, 0.1) is 10.1 Å². The number of aliphatic hydroxyl groups excluding tert-OH is 1. The van der Waals surface area contributed by atoms with Gasteiger partial charge in [-0.05, 0) is 29.0 Å². The molecule has 1 aliphatic carbocycles. The quantitative estimate of drug-likeness (QED) is 0.619. The van der Waals surface area contributed by atoms with Gasteiger partial charge in [-0.1, -0.05) is 0 Å². The van der Waals surface area contributed by atoms with Gasteiger partial charge in [0.05, 0.1) is 6.10 Å². The highest BCUT2D eigenvalue weighted by atomic mass is 16.6. The van der Waals surface area contributed by atoms with Crippen molar-refractivity contribution >= 4 is 5.82 Å². The second kappa shape index (κ2) is 5.28. The first-order valence-electron chi connectivity index (χ1n) is 5.69. The first-order valence-corrected chi connectivity index (χ1v) is 5.69. The van der Waals surface area contributed by atoms with E-state index in [0.717, 1.165) is 0 Å². The van der Waals surface area contributed by atoms with Crippen molar-refractivity contribution in [3.63, 3.8) is 0 Å². The summed E-state index contributed by atoms with van der Waals surface area (Å²) in [6, 6.07) is 3.05. The van der Waals surface area contributed by atoms with Gasteiger partial charge < -0.3 is 24.7 Å². The highest BCUT2D eigenvalue weighted by Gasteiger charge is 2.43. The molecule has 0 saturated heterocycles. The lowest BCUT2D eigenvalue weighted by atomic mass is 9.88. The third-order valence-corrected chi connectivity index (χ3v) is 2.78. The minimum absolute atomic E-state index is 0.101. The largest absolute Gasteiger partial charge is 0.479 e. The molecule has 18 heavy (non-hydrogen) atoms. The molecule has 0 aliphatic heterocycles. The molecule has 0 spiro atoms. The van der Waals surface area contributed by atoms with Gasteiger partial charge in [0.25, 0.3) is 0 Å². The number of aromatic nitrogens is 1. The third kappa shape index (κ3) is 2.41. The normalized spacial score (nSPS) is 26.4. The van der Waals surface area contributed by atoms with Crippen molar-refractivity contribution in [2.45, 2.75) is 31.7 Å². The number of nitrogens with zero attached hydrogens (tertiary/aromatic N) is 2. The van der Waals surface area contributed by atoms with Gasteiger partial charge in [-0.3, -0.25) is 0 Å². The Balaban J connectivity index is 2.08. The average Bonchev–Trinajstić information content (AvgIpc) is 2.36. The number of rotatable bonds is 5. The molecule has 1 fully saturated rings. The van der Waals surface area contributed by atoms with E-state index in [2.05, 4.69) is 4.98 Å². The van der Waals surface area contributed by atoms with Gasteiger partial charge in [0.2, 0.25) is 5.75 Å². The Morgan fingerprint density at radius 1 is 1.67 bits per heavy atom. The fourth-order valence-electron chi connectivity index (χ4n) is 1.86. The molecule has 7 nitrogen and oxygen atoms in total. The minimum Gasteiger partial charge on any atom is -0.479 e. The summed E-state index contributed by atoms with van der Waals surface area (Å²) < 4.78 is 10.8. The van der Waals surface area contributed by atoms with Crippen LogP contribution in [0.1, 0.15) is 13.3 Å². The van der Waals surface area contributed by atoms with Gasteiger partial charge in [-0.2, -0.15) is 0 Å². The van der Waals surface area contributed by atoms with E-state index in [0.29, 0.717) is 13.0 Å². The smallest absolute Gasteiger partial charge is 0.406 e. The van der Waals surface area contributed by atoms with E-state index in [-0.39, 0.29) is 17.7 Å². The van der Waals surface area contributed by atoms with Crippen molar-refractivity contribution in [2.75, 3.05) is 6.61 Å². The van der Waals surface area contributed by atoms with Gasteiger partial charge in [0, 0.05) is 13.0 Å². The highest BCUT2D eigenvalue weighted by molar-refractivity contribution is 5.38. The lowest BCUT2D eigenvalue weighted by Gasteiger charge is -2.40. The van der Waals surface area contributed by atoms with Crippen LogP contribution in [-0.4, -0.2) is 39.9 Å². The van der Waals surface area contributed by atoms with Crippen LogP contribution in [0.2, 0.25) is 0 Å². The number of nitro groups is 1. The fraction of sp³-hybridized carbons (Fsp3) is 0.545. The van der Waals surface area contributed by atoms with E-state index in [9.17, 15) is 15.2 Å². The summed E-state index contributed by atoms with van der Waals surface area (Å²) >= 11 is 0. The van der Waals surface area contributed by atoms with Crippen molar-refractivity contribution in [1.82, 2.24) is 4.98 Å². The van der Waals surface area contributed by atoms with Gasteiger partial charge in [0.15, 0.2) is 0 Å². The third-order valence-electron chi connectivity index (χ3n) is 2.78.